The summed E-state index contributed by atoms with van der Waals surface area (Å²) in [6, 6.07) is 0. The van der Waals surface area contributed by atoms with Gasteiger partial charge in [0.05, 0.1) is 24.2 Å². The van der Waals surface area contributed by atoms with Crippen molar-refractivity contribution in [2.24, 2.45) is 62.6 Å². The fraction of sp³-hybridized carbons (Fsp3) is 0.967. The molecule has 5 aliphatic carbocycles. The van der Waals surface area contributed by atoms with Gasteiger partial charge in [0.2, 0.25) is 0 Å². The molecule has 13 atom stereocenters. The van der Waals surface area contributed by atoms with Gasteiger partial charge in [-0.15, -0.1) is 0 Å². The molecule has 5 heteroatoms. The lowest BCUT2D eigenvalue weighted by atomic mass is 9.31. The first kappa shape index (κ1) is 26.0. The maximum atomic E-state index is 12.8. The maximum Gasteiger partial charge on any atom is 0.309 e. The smallest absolute Gasteiger partial charge is 0.309 e. The third-order valence-electron chi connectivity index (χ3n) is 14.1. The molecule has 0 aromatic heterocycles. The highest BCUT2D eigenvalue weighted by atomic mass is 16.4. The average Bonchev–Trinajstić information content (AvgIpc) is 2.80. The van der Waals surface area contributed by atoms with Crippen LogP contribution in [-0.4, -0.2) is 45.2 Å². The van der Waals surface area contributed by atoms with Crippen molar-refractivity contribution in [1.82, 2.24) is 0 Å². The SMILES string of the molecule is C[C@@H]1[C@H]2[C@@H]3CC[C@@H]4[C@@]5(C)C[C@@H](O)[C@H](O)[C@@](C)(CO)[C@@H]5CC[C@@]4(C)[C@]3(C)CC[C@@]2(C(=O)O)CC[C@H]1C. The molecule has 0 bridgehead atoms. The Labute approximate surface area is 212 Å². The molecule has 0 unspecified atom stereocenters. The summed E-state index contributed by atoms with van der Waals surface area (Å²) in [7, 11) is 0. The van der Waals surface area contributed by atoms with Crippen LogP contribution in [0.3, 0.4) is 0 Å². The molecule has 5 saturated carbocycles. The third-order valence-corrected chi connectivity index (χ3v) is 14.1. The molecule has 5 aliphatic rings. The number of aliphatic hydroxyl groups excluding tert-OH is 3. The summed E-state index contributed by atoms with van der Waals surface area (Å²) in [5.74, 6) is 1.63. The standard InChI is InChI=1S/C30H50O5/c1-17-9-12-30(25(34)35)14-13-28(5)19(23(30)18(17)2)7-8-22-26(3)15-20(32)24(33)27(4,16-31)21(26)10-11-29(22,28)6/h17-24,31-33H,7-16H2,1-6H3,(H,34,35)/t17-,18+,19+,20-,21-,22-,23+,24+,26+,27+,28-,29-,30+/m1/s1. The van der Waals surface area contributed by atoms with Crippen molar-refractivity contribution in [2.75, 3.05) is 6.61 Å². The Morgan fingerprint density at radius 1 is 0.857 bits per heavy atom. The van der Waals surface area contributed by atoms with Crippen molar-refractivity contribution in [3.05, 3.63) is 0 Å². The predicted molar refractivity (Wildman–Crippen MR) is 135 cm³/mol. The Bertz CT molecular complexity index is 875. The summed E-state index contributed by atoms with van der Waals surface area (Å²) < 4.78 is 0. The van der Waals surface area contributed by atoms with Crippen LogP contribution >= 0.6 is 0 Å². The van der Waals surface area contributed by atoms with Crippen LogP contribution in [0.1, 0.15) is 99.3 Å². The molecule has 200 valence electrons. The van der Waals surface area contributed by atoms with Gasteiger partial charge in [-0.25, -0.2) is 0 Å². The van der Waals surface area contributed by atoms with Crippen molar-refractivity contribution < 1.29 is 25.2 Å². The van der Waals surface area contributed by atoms with E-state index in [1.807, 2.05) is 6.92 Å². The van der Waals surface area contributed by atoms with Crippen LogP contribution in [0, 0.1) is 62.6 Å². The van der Waals surface area contributed by atoms with Crippen molar-refractivity contribution in [3.8, 4) is 0 Å². The van der Waals surface area contributed by atoms with E-state index in [0.29, 0.717) is 30.1 Å². The number of carboxylic acid groups (broad SMARTS) is 1. The van der Waals surface area contributed by atoms with E-state index in [4.69, 9.17) is 0 Å². The van der Waals surface area contributed by atoms with E-state index in [9.17, 15) is 25.2 Å². The second kappa shape index (κ2) is 7.93. The van der Waals surface area contributed by atoms with Gasteiger partial charge in [0.1, 0.15) is 0 Å². The lowest BCUT2D eigenvalue weighted by Gasteiger charge is -2.74. The Balaban J connectivity index is 1.57. The van der Waals surface area contributed by atoms with E-state index in [0.717, 1.165) is 51.4 Å². The van der Waals surface area contributed by atoms with E-state index in [1.54, 1.807) is 0 Å². The molecule has 5 fully saturated rings. The topological polar surface area (TPSA) is 98.0 Å². The summed E-state index contributed by atoms with van der Waals surface area (Å²) >= 11 is 0. The second-order valence-corrected chi connectivity index (χ2v) is 14.9. The largest absolute Gasteiger partial charge is 0.481 e. The van der Waals surface area contributed by atoms with E-state index < -0.39 is 29.0 Å². The quantitative estimate of drug-likeness (QED) is 0.431. The number of fused-ring (bicyclic) bond motifs is 7. The van der Waals surface area contributed by atoms with Crippen LogP contribution in [-0.2, 0) is 4.79 Å². The number of aliphatic hydroxyl groups is 3. The number of aliphatic carboxylic acids is 1. The molecular formula is C30H50O5. The predicted octanol–water partition coefficient (Wildman–Crippen LogP) is 5.11. The van der Waals surface area contributed by atoms with Crippen LogP contribution in [0.5, 0.6) is 0 Å². The molecule has 0 spiro atoms. The van der Waals surface area contributed by atoms with Crippen molar-refractivity contribution in [3.63, 3.8) is 0 Å². The third kappa shape index (κ3) is 3.01. The minimum Gasteiger partial charge on any atom is -0.481 e. The summed E-state index contributed by atoms with van der Waals surface area (Å²) in [5, 5.41) is 42.9. The molecule has 0 heterocycles. The zero-order valence-electron chi connectivity index (χ0n) is 22.9. The van der Waals surface area contributed by atoms with Crippen LogP contribution in [0.25, 0.3) is 0 Å². The van der Waals surface area contributed by atoms with Crippen molar-refractivity contribution in [2.45, 2.75) is 112 Å². The highest BCUT2D eigenvalue weighted by Crippen LogP contribution is 2.77. The van der Waals surface area contributed by atoms with E-state index >= 15 is 0 Å². The number of hydrogen-bond donors (Lipinski definition) is 4. The summed E-state index contributed by atoms with van der Waals surface area (Å²) in [4.78, 5) is 12.8. The zero-order chi connectivity index (χ0) is 25.8. The van der Waals surface area contributed by atoms with Gasteiger partial charge in [0.25, 0.3) is 0 Å². The molecule has 0 aliphatic heterocycles. The van der Waals surface area contributed by atoms with E-state index in [2.05, 4.69) is 34.6 Å². The Morgan fingerprint density at radius 3 is 2.17 bits per heavy atom. The molecule has 35 heavy (non-hydrogen) atoms. The van der Waals surface area contributed by atoms with Crippen molar-refractivity contribution in [1.29, 1.82) is 0 Å². The molecule has 0 saturated heterocycles. The number of rotatable bonds is 2. The Hall–Kier alpha value is -0.650. The first-order valence-electron chi connectivity index (χ1n) is 14.4. The van der Waals surface area contributed by atoms with E-state index in [-0.39, 0.29) is 34.7 Å². The van der Waals surface area contributed by atoms with Crippen LogP contribution < -0.4 is 0 Å². The average molecular weight is 491 g/mol. The number of carbonyl (C=O) groups is 1. The van der Waals surface area contributed by atoms with E-state index in [1.165, 1.54) is 0 Å². The molecule has 5 nitrogen and oxygen atoms in total. The molecule has 0 amide bonds. The molecule has 5 rings (SSSR count). The van der Waals surface area contributed by atoms with Crippen LogP contribution in [0.4, 0.5) is 0 Å². The molecule has 0 radical (unpaired) electrons. The van der Waals surface area contributed by atoms with Gasteiger partial charge in [-0.3, -0.25) is 4.79 Å². The van der Waals surface area contributed by atoms with Gasteiger partial charge in [-0.2, -0.15) is 0 Å². The maximum absolute atomic E-state index is 12.8. The van der Waals surface area contributed by atoms with Crippen LogP contribution in [0.2, 0.25) is 0 Å². The fourth-order valence-electron chi connectivity index (χ4n) is 11.8. The lowest BCUT2D eigenvalue weighted by Crippen LogP contribution is -2.70. The minimum absolute atomic E-state index is 0.0601. The first-order chi connectivity index (χ1) is 16.2. The molecule has 4 N–H and O–H groups in total. The summed E-state index contributed by atoms with van der Waals surface area (Å²) in [6.07, 6.45) is 6.61. The van der Waals surface area contributed by atoms with Gasteiger partial charge < -0.3 is 20.4 Å². The molecular weight excluding hydrogens is 440 g/mol. The number of carboxylic acids is 1. The van der Waals surface area contributed by atoms with Crippen LogP contribution in [0.15, 0.2) is 0 Å². The van der Waals surface area contributed by atoms with Gasteiger partial charge >= 0.3 is 5.97 Å². The van der Waals surface area contributed by atoms with Gasteiger partial charge in [-0.05, 0) is 110 Å². The van der Waals surface area contributed by atoms with Crippen molar-refractivity contribution >= 4 is 5.97 Å². The first-order valence-corrected chi connectivity index (χ1v) is 14.4. The molecule has 0 aromatic rings. The van der Waals surface area contributed by atoms with Gasteiger partial charge in [-0.1, -0.05) is 41.5 Å². The van der Waals surface area contributed by atoms with Gasteiger partial charge in [0.15, 0.2) is 0 Å². The van der Waals surface area contributed by atoms with Gasteiger partial charge in [0, 0.05) is 5.41 Å². The Morgan fingerprint density at radius 2 is 1.54 bits per heavy atom. The second-order valence-electron chi connectivity index (χ2n) is 14.9. The minimum atomic E-state index is -0.891. The fourth-order valence-corrected chi connectivity index (χ4v) is 11.8. The monoisotopic (exact) mass is 490 g/mol. The highest BCUT2D eigenvalue weighted by Gasteiger charge is 2.72. The Kier molecular flexibility index (Phi) is 5.88. The molecule has 0 aromatic carbocycles. The highest BCUT2D eigenvalue weighted by molar-refractivity contribution is 5.75. The zero-order valence-corrected chi connectivity index (χ0v) is 22.9. The lowest BCUT2D eigenvalue weighted by molar-refractivity contribution is -0.276. The number of hydrogen-bond acceptors (Lipinski definition) is 4. The summed E-state index contributed by atoms with van der Waals surface area (Å²) in [6.45, 7) is 13.8. The summed E-state index contributed by atoms with van der Waals surface area (Å²) in [5.41, 5.74) is -1.28. The normalized spacial score (nSPS) is 60.0.